The third kappa shape index (κ3) is 4.02. The van der Waals surface area contributed by atoms with Crippen LogP contribution in [0.25, 0.3) is 22.3 Å². The second-order valence-electron chi connectivity index (χ2n) is 8.11. The molecule has 6 nitrogen and oxygen atoms in total. The van der Waals surface area contributed by atoms with Gasteiger partial charge in [0.25, 0.3) is 0 Å². The molecule has 0 amide bonds. The van der Waals surface area contributed by atoms with Gasteiger partial charge in [-0.3, -0.25) is 0 Å². The fourth-order valence-corrected chi connectivity index (χ4v) is 4.58. The van der Waals surface area contributed by atoms with Crippen LogP contribution < -0.4 is 20.5 Å². The molecule has 162 valence electrons. The van der Waals surface area contributed by atoms with Crippen LogP contribution in [-0.2, 0) is 0 Å². The van der Waals surface area contributed by atoms with E-state index in [0.29, 0.717) is 12.0 Å². The molecule has 2 aromatic carbocycles. The zero-order valence-electron chi connectivity index (χ0n) is 18.7. The Bertz CT molecular complexity index is 1060. The minimum Gasteiger partial charge on any atom is -0.496 e. The molecule has 31 heavy (non-hydrogen) atoms. The van der Waals surface area contributed by atoms with Gasteiger partial charge in [0.1, 0.15) is 11.5 Å². The second-order valence-corrected chi connectivity index (χ2v) is 8.11. The molecule has 6 heteroatoms. The number of methoxy groups -OCH3 is 2. The lowest BCUT2D eigenvalue weighted by Crippen LogP contribution is -2.16. The van der Waals surface area contributed by atoms with E-state index >= 15 is 0 Å². The van der Waals surface area contributed by atoms with E-state index in [1.165, 1.54) is 25.7 Å². The first kappa shape index (κ1) is 21.0. The Morgan fingerprint density at radius 1 is 0.839 bits per heavy atom. The smallest absolute Gasteiger partial charge is 0.222 e. The van der Waals surface area contributed by atoms with Gasteiger partial charge in [0.05, 0.1) is 14.2 Å². The van der Waals surface area contributed by atoms with Crippen molar-refractivity contribution in [2.24, 2.45) is 0 Å². The van der Waals surface area contributed by atoms with E-state index in [1.807, 2.05) is 50.5 Å². The van der Waals surface area contributed by atoms with Crippen molar-refractivity contribution in [3.63, 3.8) is 0 Å². The van der Waals surface area contributed by atoms with Gasteiger partial charge in [-0.15, -0.1) is 0 Å². The molecule has 3 aromatic rings. The lowest BCUT2D eigenvalue weighted by atomic mass is 9.90. The van der Waals surface area contributed by atoms with Crippen molar-refractivity contribution in [2.75, 3.05) is 25.3 Å². The highest BCUT2D eigenvalue weighted by Crippen LogP contribution is 2.47. The van der Waals surface area contributed by atoms with Crippen molar-refractivity contribution in [1.82, 2.24) is 9.97 Å². The fourth-order valence-electron chi connectivity index (χ4n) is 4.58. The molecule has 1 fully saturated rings. The van der Waals surface area contributed by atoms with Crippen LogP contribution in [0.15, 0.2) is 36.7 Å². The quantitative estimate of drug-likeness (QED) is 0.523. The normalized spacial score (nSPS) is 13.9. The van der Waals surface area contributed by atoms with E-state index in [9.17, 15) is 0 Å². The molecule has 0 saturated heterocycles. The Hall–Kier alpha value is -3.28. The molecule has 4 rings (SSSR count). The Kier molecular flexibility index (Phi) is 5.98. The molecule has 1 aliphatic rings. The van der Waals surface area contributed by atoms with Crippen LogP contribution in [-0.4, -0.2) is 30.2 Å². The molecule has 3 N–H and O–H groups in total. The van der Waals surface area contributed by atoms with E-state index in [0.717, 1.165) is 50.6 Å². The second kappa shape index (κ2) is 8.84. The number of anilines is 2. The molecule has 1 aromatic heterocycles. The summed E-state index contributed by atoms with van der Waals surface area (Å²) in [6.45, 7) is 4.09. The summed E-state index contributed by atoms with van der Waals surface area (Å²) in [6, 6.07) is 8.28. The van der Waals surface area contributed by atoms with Gasteiger partial charge >= 0.3 is 0 Å². The molecule has 0 atom stereocenters. The zero-order chi connectivity index (χ0) is 22.0. The maximum Gasteiger partial charge on any atom is 0.222 e. The summed E-state index contributed by atoms with van der Waals surface area (Å²) in [4.78, 5) is 9.16. The van der Waals surface area contributed by atoms with Gasteiger partial charge in [-0.05, 0) is 44.4 Å². The minimum absolute atomic E-state index is 0.476. The van der Waals surface area contributed by atoms with Crippen LogP contribution in [0.3, 0.4) is 0 Å². The number of nitrogen functional groups attached to an aromatic ring is 1. The highest BCUT2D eigenvalue weighted by atomic mass is 16.5. The molecule has 1 saturated carbocycles. The molecular weight excluding hydrogens is 388 g/mol. The number of nitrogens with one attached hydrogen (secondary N) is 1. The number of rotatable bonds is 6. The number of nitrogens with zero attached hydrogens (tertiary/aromatic N) is 2. The maximum atomic E-state index is 5.89. The zero-order valence-corrected chi connectivity index (χ0v) is 18.7. The van der Waals surface area contributed by atoms with Crippen LogP contribution in [0.2, 0.25) is 0 Å². The van der Waals surface area contributed by atoms with Gasteiger partial charge in [0.15, 0.2) is 0 Å². The number of ether oxygens (including phenoxy) is 2. The van der Waals surface area contributed by atoms with Crippen molar-refractivity contribution in [3.05, 3.63) is 47.8 Å². The topological polar surface area (TPSA) is 82.3 Å². The van der Waals surface area contributed by atoms with Crippen molar-refractivity contribution < 1.29 is 9.47 Å². The summed E-state index contributed by atoms with van der Waals surface area (Å²) in [5.74, 6) is 2.28. The lowest BCUT2D eigenvalue weighted by molar-refractivity contribution is 0.401. The summed E-state index contributed by atoms with van der Waals surface area (Å²) in [7, 11) is 3.39. The number of hydrogen-bond donors (Lipinski definition) is 2. The Morgan fingerprint density at radius 2 is 1.35 bits per heavy atom. The summed E-state index contributed by atoms with van der Waals surface area (Å²) < 4.78 is 11.8. The number of benzene rings is 2. The summed E-state index contributed by atoms with van der Waals surface area (Å²) in [6.07, 6.45) is 8.62. The largest absolute Gasteiger partial charge is 0.496 e. The predicted molar refractivity (Wildman–Crippen MR) is 126 cm³/mol. The summed E-state index contributed by atoms with van der Waals surface area (Å²) in [5, 5.41) is 3.44. The third-order valence-electron chi connectivity index (χ3n) is 6.12. The van der Waals surface area contributed by atoms with Crippen LogP contribution in [0, 0.1) is 13.8 Å². The van der Waals surface area contributed by atoms with Crippen LogP contribution >= 0.6 is 0 Å². The van der Waals surface area contributed by atoms with Gasteiger partial charge in [-0.25, -0.2) is 9.97 Å². The van der Waals surface area contributed by atoms with Gasteiger partial charge in [-0.2, -0.15) is 0 Å². The monoisotopic (exact) mass is 418 g/mol. The van der Waals surface area contributed by atoms with Crippen LogP contribution in [0.1, 0.15) is 36.8 Å². The van der Waals surface area contributed by atoms with E-state index < -0.39 is 0 Å². The maximum absolute atomic E-state index is 5.89. The first-order chi connectivity index (χ1) is 15.0. The highest BCUT2D eigenvalue weighted by Gasteiger charge is 2.24. The minimum atomic E-state index is 0.476. The Morgan fingerprint density at radius 3 is 1.87 bits per heavy atom. The molecule has 1 heterocycles. The van der Waals surface area contributed by atoms with Crippen molar-refractivity contribution in [2.45, 2.75) is 45.6 Å². The lowest BCUT2D eigenvalue weighted by Gasteiger charge is -2.22. The SMILES string of the molecule is COc1c(C)c(-c2cnc(NC3CCCC3)nc2)c(OC)c(C)c1-c1ccc(N)cc1. The van der Waals surface area contributed by atoms with Crippen LogP contribution in [0.5, 0.6) is 11.5 Å². The predicted octanol–water partition coefficient (Wildman–Crippen LogP) is 5.38. The average molecular weight is 419 g/mol. The standard InChI is InChI=1S/C25H30N4O2/c1-15-21(17-9-11-19(26)12-10-17)23(30-3)16(2)22(24(15)31-4)18-13-27-25(28-14-18)29-20-7-5-6-8-20/h9-14,20H,5-8,26H2,1-4H3,(H,27,28,29). The molecule has 0 spiro atoms. The molecular formula is C25H30N4O2. The molecule has 1 aliphatic carbocycles. The van der Waals surface area contributed by atoms with E-state index in [4.69, 9.17) is 15.2 Å². The summed E-state index contributed by atoms with van der Waals surface area (Å²) in [5.41, 5.74) is 12.5. The summed E-state index contributed by atoms with van der Waals surface area (Å²) >= 11 is 0. The van der Waals surface area contributed by atoms with Crippen molar-refractivity contribution in [3.8, 4) is 33.8 Å². The van der Waals surface area contributed by atoms with Gasteiger partial charge in [0, 0.05) is 51.9 Å². The van der Waals surface area contributed by atoms with Crippen molar-refractivity contribution >= 4 is 11.6 Å². The van der Waals surface area contributed by atoms with E-state index in [1.54, 1.807) is 14.2 Å². The number of aromatic nitrogens is 2. The van der Waals surface area contributed by atoms with Gasteiger partial charge < -0.3 is 20.5 Å². The molecule has 0 unspecified atom stereocenters. The van der Waals surface area contributed by atoms with Gasteiger partial charge in [0.2, 0.25) is 5.95 Å². The first-order valence-electron chi connectivity index (χ1n) is 10.7. The highest BCUT2D eigenvalue weighted by molar-refractivity contribution is 5.87. The first-order valence-corrected chi connectivity index (χ1v) is 10.7. The van der Waals surface area contributed by atoms with E-state index in [-0.39, 0.29) is 0 Å². The average Bonchev–Trinajstić information content (AvgIpc) is 3.29. The van der Waals surface area contributed by atoms with Crippen molar-refractivity contribution in [1.29, 1.82) is 0 Å². The third-order valence-corrected chi connectivity index (χ3v) is 6.12. The molecule has 0 radical (unpaired) electrons. The number of hydrogen-bond acceptors (Lipinski definition) is 6. The molecule has 0 aliphatic heterocycles. The van der Waals surface area contributed by atoms with E-state index in [2.05, 4.69) is 15.3 Å². The molecule has 0 bridgehead atoms. The Balaban J connectivity index is 1.79. The number of nitrogens with two attached hydrogens (primary N) is 1. The van der Waals surface area contributed by atoms with Crippen LogP contribution in [0.4, 0.5) is 11.6 Å². The van der Waals surface area contributed by atoms with Gasteiger partial charge in [-0.1, -0.05) is 25.0 Å². The fraction of sp³-hybridized carbons (Fsp3) is 0.360. The Labute approximate surface area is 183 Å².